The molecule has 0 radical (unpaired) electrons. The zero-order valence-corrected chi connectivity index (χ0v) is 10.0. The molecule has 1 aromatic rings. The highest BCUT2D eigenvalue weighted by molar-refractivity contribution is 5.35. The maximum Gasteiger partial charge on any atom is 0.0477 e. The summed E-state index contributed by atoms with van der Waals surface area (Å²) in [4.78, 5) is 0. The average Bonchev–Trinajstić information content (AvgIpc) is 2.73. The molecule has 2 rings (SSSR count). The quantitative estimate of drug-likeness (QED) is 0.823. The molecule has 0 bridgehead atoms. The molecule has 0 aromatic heterocycles. The van der Waals surface area contributed by atoms with Gasteiger partial charge >= 0.3 is 0 Å². The molecular formula is C14H21NO. The molecule has 88 valence electrons. The van der Waals surface area contributed by atoms with Crippen LogP contribution >= 0.6 is 0 Å². The highest BCUT2D eigenvalue weighted by atomic mass is 16.5. The van der Waals surface area contributed by atoms with Crippen LogP contribution in [0, 0.1) is 0 Å². The molecule has 1 aliphatic rings. The summed E-state index contributed by atoms with van der Waals surface area (Å²) in [6.07, 6.45) is 5.72. The van der Waals surface area contributed by atoms with Crippen molar-refractivity contribution in [2.45, 2.75) is 38.1 Å². The smallest absolute Gasteiger partial charge is 0.0477 e. The maximum absolute atomic E-state index is 6.06. The van der Waals surface area contributed by atoms with E-state index in [0.717, 1.165) is 19.4 Å². The lowest BCUT2D eigenvalue weighted by atomic mass is 10.00. The van der Waals surface area contributed by atoms with Gasteiger partial charge in [-0.05, 0) is 48.8 Å². The Morgan fingerprint density at radius 1 is 1.31 bits per heavy atom. The number of benzene rings is 1. The normalized spacial score (nSPS) is 16.1. The number of fused-ring (bicyclic) bond motifs is 1. The Kier molecular flexibility index (Phi) is 3.97. The Bertz CT molecular complexity index is 349. The van der Waals surface area contributed by atoms with Gasteiger partial charge in [0.1, 0.15) is 0 Å². The van der Waals surface area contributed by atoms with Gasteiger partial charge in [-0.25, -0.2) is 0 Å². The standard InChI is InChI=1S/C14H21NO/c1-16-8-7-14(15)10-11-5-6-12-3-2-4-13(12)9-11/h5-6,9,14H,2-4,7-8,10,15H2,1H3. The zero-order valence-electron chi connectivity index (χ0n) is 10.0. The lowest BCUT2D eigenvalue weighted by molar-refractivity contribution is 0.188. The molecule has 0 heterocycles. The summed E-state index contributed by atoms with van der Waals surface area (Å²) in [5, 5.41) is 0. The molecule has 2 nitrogen and oxygen atoms in total. The molecule has 0 saturated carbocycles. The zero-order chi connectivity index (χ0) is 11.4. The van der Waals surface area contributed by atoms with E-state index in [0.29, 0.717) is 0 Å². The van der Waals surface area contributed by atoms with Crippen molar-refractivity contribution in [3.63, 3.8) is 0 Å². The second kappa shape index (κ2) is 5.46. The van der Waals surface area contributed by atoms with Crippen molar-refractivity contribution in [1.29, 1.82) is 0 Å². The van der Waals surface area contributed by atoms with Crippen LogP contribution in [0.3, 0.4) is 0 Å². The van der Waals surface area contributed by atoms with Crippen LogP contribution in [-0.4, -0.2) is 19.8 Å². The fraction of sp³-hybridized carbons (Fsp3) is 0.571. The van der Waals surface area contributed by atoms with E-state index in [-0.39, 0.29) is 6.04 Å². The summed E-state index contributed by atoms with van der Waals surface area (Å²) >= 11 is 0. The van der Waals surface area contributed by atoms with Gasteiger partial charge in [-0.3, -0.25) is 0 Å². The van der Waals surface area contributed by atoms with Crippen LogP contribution < -0.4 is 5.73 Å². The van der Waals surface area contributed by atoms with Crippen LogP contribution in [0.4, 0.5) is 0 Å². The van der Waals surface area contributed by atoms with Crippen molar-refractivity contribution in [2.24, 2.45) is 5.73 Å². The average molecular weight is 219 g/mol. The molecule has 0 saturated heterocycles. The van der Waals surface area contributed by atoms with Gasteiger partial charge in [0, 0.05) is 19.8 Å². The van der Waals surface area contributed by atoms with E-state index in [2.05, 4.69) is 18.2 Å². The van der Waals surface area contributed by atoms with Crippen LogP contribution in [0.1, 0.15) is 29.5 Å². The number of ether oxygens (including phenoxy) is 1. The minimum absolute atomic E-state index is 0.222. The SMILES string of the molecule is COCCC(N)Cc1ccc2c(c1)CCC2. The van der Waals surface area contributed by atoms with E-state index in [1.54, 1.807) is 7.11 Å². The van der Waals surface area contributed by atoms with E-state index in [1.807, 2.05) is 0 Å². The predicted octanol–water partition coefficient (Wildman–Crippen LogP) is 2.08. The molecule has 1 aromatic carbocycles. The molecule has 1 unspecified atom stereocenters. The van der Waals surface area contributed by atoms with Gasteiger partial charge in [0.25, 0.3) is 0 Å². The Morgan fingerprint density at radius 2 is 2.12 bits per heavy atom. The highest BCUT2D eigenvalue weighted by Gasteiger charge is 2.11. The van der Waals surface area contributed by atoms with Crippen LogP contribution in [-0.2, 0) is 24.0 Å². The fourth-order valence-corrected chi connectivity index (χ4v) is 2.43. The van der Waals surface area contributed by atoms with Crippen LogP contribution in [0.25, 0.3) is 0 Å². The Morgan fingerprint density at radius 3 is 2.94 bits per heavy atom. The molecule has 0 aliphatic heterocycles. The van der Waals surface area contributed by atoms with Gasteiger partial charge in [-0.15, -0.1) is 0 Å². The minimum atomic E-state index is 0.222. The molecular weight excluding hydrogens is 198 g/mol. The first-order chi connectivity index (χ1) is 7.79. The molecule has 2 heteroatoms. The van der Waals surface area contributed by atoms with Gasteiger partial charge < -0.3 is 10.5 Å². The lowest BCUT2D eigenvalue weighted by Gasteiger charge is -2.12. The van der Waals surface area contributed by atoms with Crippen molar-refractivity contribution in [1.82, 2.24) is 0 Å². The highest BCUT2D eigenvalue weighted by Crippen LogP contribution is 2.23. The second-order valence-corrected chi connectivity index (χ2v) is 4.70. The summed E-state index contributed by atoms with van der Waals surface area (Å²) in [6, 6.07) is 7.08. The number of nitrogens with two attached hydrogens (primary N) is 1. The maximum atomic E-state index is 6.06. The molecule has 0 fully saturated rings. The largest absolute Gasteiger partial charge is 0.385 e. The molecule has 2 N–H and O–H groups in total. The first-order valence-electron chi connectivity index (χ1n) is 6.15. The third kappa shape index (κ3) is 2.83. The van der Waals surface area contributed by atoms with E-state index in [4.69, 9.17) is 10.5 Å². The number of hydrogen-bond acceptors (Lipinski definition) is 2. The third-order valence-electron chi connectivity index (χ3n) is 3.35. The van der Waals surface area contributed by atoms with Gasteiger partial charge in [0.15, 0.2) is 0 Å². The van der Waals surface area contributed by atoms with Crippen LogP contribution in [0.5, 0.6) is 0 Å². The number of hydrogen-bond donors (Lipinski definition) is 1. The van der Waals surface area contributed by atoms with E-state index >= 15 is 0 Å². The summed E-state index contributed by atoms with van der Waals surface area (Å²) < 4.78 is 5.04. The van der Waals surface area contributed by atoms with Gasteiger partial charge in [-0.2, -0.15) is 0 Å². The molecule has 0 spiro atoms. The van der Waals surface area contributed by atoms with Crippen molar-refractivity contribution in [3.8, 4) is 0 Å². The van der Waals surface area contributed by atoms with Gasteiger partial charge in [-0.1, -0.05) is 18.2 Å². The Labute approximate surface area is 97.8 Å². The fourth-order valence-electron chi connectivity index (χ4n) is 2.43. The van der Waals surface area contributed by atoms with Crippen LogP contribution in [0.15, 0.2) is 18.2 Å². The van der Waals surface area contributed by atoms with Gasteiger partial charge in [0.2, 0.25) is 0 Å². The summed E-state index contributed by atoms with van der Waals surface area (Å²) in [5.41, 5.74) is 10.5. The van der Waals surface area contributed by atoms with Crippen molar-refractivity contribution < 1.29 is 4.74 Å². The third-order valence-corrected chi connectivity index (χ3v) is 3.35. The molecule has 16 heavy (non-hydrogen) atoms. The van der Waals surface area contributed by atoms with E-state index < -0.39 is 0 Å². The Balaban J connectivity index is 1.94. The lowest BCUT2D eigenvalue weighted by Crippen LogP contribution is -2.24. The van der Waals surface area contributed by atoms with E-state index in [9.17, 15) is 0 Å². The summed E-state index contributed by atoms with van der Waals surface area (Å²) in [6.45, 7) is 0.756. The van der Waals surface area contributed by atoms with Crippen molar-refractivity contribution >= 4 is 0 Å². The molecule has 1 atom stereocenters. The monoisotopic (exact) mass is 219 g/mol. The molecule has 0 amide bonds. The predicted molar refractivity (Wildman–Crippen MR) is 66.6 cm³/mol. The minimum Gasteiger partial charge on any atom is -0.385 e. The van der Waals surface area contributed by atoms with Gasteiger partial charge in [0.05, 0.1) is 0 Å². The number of methoxy groups -OCH3 is 1. The Hall–Kier alpha value is -0.860. The first kappa shape index (κ1) is 11.6. The van der Waals surface area contributed by atoms with Crippen molar-refractivity contribution in [2.75, 3.05) is 13.7 Å². The second-order valence-electron chi connectivity index (χ2n) is 4.70. The van der Waals surface area contributed by atoms with E-state index in [1.165, 1.54) is 36.0 Å². The van der Waals surface area contributed by atoms with Crippen molar-refractivity contribution in [3.05, 3.63) is 34.9 Å². The first-order valence-corrected chi connectivity index (χ1v) is 6.15. The summed E-state index contributed by atoms with van der Waals surface area (Å²) in [7, 11) is 1.72. The topological polar surface area (TPSA) is 35.2 Å². The summed E-state index contributed by atoms with van der Waals surface area (Å²) in [5.74, 6) is 0. The molecule has 1 aliphatic carbocycles. The number of rotatable bonds is 5. The van der Waals surface area contributed by atoms with Crippen LogP contribution in [0.2, 0.25) is 0 Å². The number of aryl methyl sites for hydroxylation is 2.